The fourth-order valence-corrected chi connectivity index (χ4v) is 3.14. The number of carbonyl (C=O) groups is 1. The van der Waals surface area contributed by atoms with Gasteiger partial charge in [0.25, 0.3) is 10.0 Å². The van der Waals surface area contributed by atoms with Crippen molar-refractivity contribution in [1.82, 2.24) is 14.8 Å². The van der Waals surface area contributed by atoms with Crippen molar-refractivity contribution in [2.45, 2.75) is 4.90 Å². The largest absolute Gasteiger partial charge is 0.495 e. The average Bonchev–Trinajstić information content (AvgIpc) is 2.90. The van der Waals surface area contributed by atoms with Crippen molar-refractivity contribution in [2.24, 2.45) is 0 Å². The molecule has 0 amide bonds. The third-order valence-electron chi connectivity index (χ3n) is 2.22. The van der Waals surface area contributed by atoms with Crippen LogP contribution >= 0.6 is 11.5 Å². The summed E-state index contributed by atoms with van der Waals surface area (Å²) in [5.41, 5.74) is -0.179. The standard InChI is InChI=1S/C9H8N4O5S2/c1-18-6-3-2-5(8(14)15)4-7(6)20(16,17)11-9-10-12-13-19-9/h2-4H,1H3,(H,14,15)(H,10,11,13). The van der Waals surface area contributed by atoms with E-state index in [1.165, 1.54) is 19.2 Å². The third-order valence-corrected chi connectivity index (χ3v) is 4.22. The minimum Gasteiger partial charge on any atom is -0.495 e. The molecule has 0 atom stereocenters. The Morgan fingerprint density at radius 1 is 1.45 bits per heavy atom. The number of carboxylic acids is 1. The van der Waals surface area contributed by atoms with Gasteiger partial charge in [-0.05, 0) is 23.4 Å². The lowest BCUT2D eigenvalue weighted by Crippen LogP contribution is -2.15. The predicted octanol–water partition coefficient (Wildman–Crippen LogP) is 0.441. The number of methoxy groups -OCH3 is 1. The Hall–Kier alpha value is -2.27. The highest BCUT2D eigenvalue weighted by Crippen LogP contribution is 2.27. The number of hydrogen-bond donors (Lipinski definition) is 2. The molecule has 0 saturated carbocycles. The van der Waals surface area contributed by atoms with Crippen LogP contribution in [0.15, 0.2) is 23.1 Å². The molecule has 2 N–H and O–H groups in total. The number of carboxylic acid groups (broad SMARTS) is 1. The first-order valence-corrected chi connectivity index (χ1v) is 7.29. The molecular weight excluding hydrogens is 308 g/mol. The quantitative estimate of drug-likeness (QED) is 0.812. The van der Waals surface area contributed by atoms with Gasteiger partial charge in [0, 0.05) is 11.5 Å². The molecule has 2 rings (SSSR count). The van der Waals surface area contributed by atoms with Crippen molar-refractivity contribution in [1.29, 1.82) is 0 Å². The van der Waals surface area contributed by atoms with Crippen LogP contribution in [0.1, 0.15) is 10.4 Å². The monoisotopic (exact) mass is 316 g/mol. The maximum Gasteiger partial charge on any atom is 0.335 e. The van der Waals surface area contributed by atoms with Crippen molar-refractivity contribution in [3.8, 4) is 5.75 Å². The Balaban J connectivity index is 2.48. The van der Waals surface area contributed by atoms with E-state index in [9.17, 15) is 13.2 Å². The van der Waals surface area contributed by atoms with E-state index in [2.05, 4.69) is 19.5 Å². The van der Waals surface area contributed by atoms with Crippen molar-refractivity contribution in [3.63, 3.8) is 0 Å². The Bertz CT molecular complexity index is 729. The van der Waals surface area contributed by atoms with Crippen molar-refractivity contribution in [2.75, 3.05) is 11.8 Å². The van der Waals surface area contributed by atoms with Crippen molar-refractivity contribution in [3.05, 3.63) is 23.8 Å². The molecule has 0 radical (unpaired) electrons. The number of nitrogens with one attached hydrogen (secondary N) is 1. The normalized spacial score (nSPS) is 11.1. The molecule has 20 heavy (non-hydrogen) atoms. The Kier molecular flexibility index (Phi) is 3.81. The van der Waals surface area contributed by atoms with Gasteiger partial charge < -0.3 is 9.84 Å². The second-order valence-corrected chi connectivity index (χ2v) is 5.83. The molecule has 106 valence electrons. The summed E-state index contributed by atoms with van der Waals surface area (Å²) in [5, 5.41) is 15.6. The molecule has 0 aliphatic carbocycles. The molecule has 0 spiro atoms. The number of aromatic nitrogens is 3. The van der Waals surface area contributed by atoms with Gasteiger partial charge >= 0.3 is 5.97 Å². The summed E-state index contributed by atoms with van der Waals surface area (Å²) >= 11 is 0.749. The summed E-state index contributed by atoms with van der Waals surface area (Å²) in [6.45, 7) is 0. The Morgan fingerprint density at radius 3 is 2.75 bits per heavy atom. The van der Waals surface area contributed by atoms with E-state index in [-0.39, 0.29) is 21.3 Å². The number of aromatic carboxylic acids is 1. The minimum absolute atomic E-state index is 0.0139. The van der Waals surface area contributed by atoms with E-state index in [4.69, 9.17) is 9.84 Å². The van der Waals surface area contributed by atoms with E-state index < -0.39 is 16.0 Å². The van der Waals surface area contributed by atoms with Crippen LogP contribution in [0.5, 0.6) is 5.75 Å². The summed E-state index contributed by atoms with van der Waals surface area (Å²) in [6.07, 6.45) is 0. The minimum atomic E-state index is -4.05. The molecule has 0 aliphatic heterocycles. The number of hydrogen-bond acceptors (Lipinski definition) is 8. The zero-order valence-electron chi connectivity index (χ0n) is 9.97. The lowest BCUT2D eigenvalue weighted by Gasteiger charge is -2.10. The topological polar surface area (TPSA) is 131 Å². The maximum absolute atomic E-state index is 12.2. The first-order valence-electron chi connectivity index (χ1n) is 5.03. The highest BCUT2D eigenvalue weighted by atomic mass is 32.2. The number of rotatable bonds is 5. The Labute approximate surface area is 117 Å². The summed E-state index contributed by atoms with van der Waals surface area (Å²) in [5.74, 6) is -1.23. The Morgan fingerprint density at radius 2 is 2.20 bits per heavy atom. The van der Waals surface area contributed by atoms with Crippen LogP contribution in [0.2, 0.25) is 0 Å². The molecule has 0 aliphatic rings. The van der Waals surface area contributed by atoms with Gasteiger partial charge in [0.15, 0.2) is 0 Å². The molecule has 2 aromatic rings. The zero-order chi connectivity index (χ0) is 14.8. The fraction of sp³-hybridized carbons (Fsp3) is 0.111. The van der Waals surface area contributed by atoms with Crippen LogP contribution in [0.25, 0.3) is 0 Å². The average molecular weight is 316 g/mol. The molecular formula is C9H8N4O5S2. The van der Waals surface area contributed by atoms with Gasteiger partial charge in [-0.1, -0.05) is 9.59 Å². The van der Waals surface area contributed by atoms with Crippen LogP contribution in [-0.4, -0.2) is 41.4 Å². The molecule has 1 aromatic carbocycles. The van der Waals surface area contributed by atoms with Crippen LogP contribution < -0.4 is 9.46 Å². The summed E-state index contributed by atoms with van der Waals surface area (Å²) in [4.78, 5) is 10.6. The van der Waals surface area contributed by atoms with Crippen LogP contribution in [0, 0.1) is 0 Å². The van der Waals surface area contributed by atoms with E-state index in [1.807, 2.05) is 0 Å². The van der Waals surface area contributed by atoms with E-state index in [0.29, 0.717) is 0 Å². The summed E-state index contributed by atoms with van der Waals surface area (Å²) < 4.78 is 34.8. The summed E-state index contributed by atoms with van der Waals surface area (Å²) in [7, 11) is -2.77. The van der Waals surface area contributed by atoms with Gasteiger partial charge in [-0.3, -0.25) is 4.72 Å². The number of sulfonamides is 1. The van der Waals surface area contributed by atoms with Gasteiger partial charge in [0.2, 0.25) is 5.13 Å². The van der Waals surface area contributed by atoms with Gasteiger partial charge in [-0.25, -0.2) is 13.2 Å². The first kappa shape index (κ1) is 14.1. The SMILES string of the molecule is COc1ccc(C(=O)O)cc1S(=O)(=O)Nc1nnns1. The maximum atomic E-state index is 12.2. The van der Waals surface area contributed by atoms with E-state index >= 15 is 0 Å². The molecule has 0 unspecified atom stereocenters. The molecule has 0 fully saturated rings. The molecule has 1 aromatic heterocycles. The molecule has 1 heterocycles. The number of nitrogens with zero attached hydrogens (tertiary/aromatic N) is 3. The van der Waals surface area contributed by atoms with E-state index in [0.717, 1.165) is 17.6 Å². The van der Waals surface area contributed by atoms with Gasteiger partial charge in [-0.2, -0.15) is 0 Å². The third kappa shape index (κ3) is 2.83. The fourth-order valence-electron chi connectivity index (χ4n) is 1.36. The van der Waals surface area contributed by atoms with Crippen LogP contribution in [0.4, 0.5) is 5.13 Å². The van der Waals surface area contributed by atoms with Gasteiger partial charge in [0.1, 0.15) is 10.6 Å². The summed E-state index contributed by atoms with van der Waals surface area (Å²) in [6, 6.07) is 3.50. The van der Waals surface area contributed by atoms with Crippen molar-refractivity contribution >= 4 is 32.7 Å². The smallest absolute Gasteiger partial charge is 0.335 e. The second-order valence-electron chi connectivity index (χ2n) is 3.44. The highest BCUT2D eigenvalue weighted by molar-refractivity contribution is 7.93. The molecule has 9 nitrogen and oxygen atoms in total. The highest BCUT2D eigenvalue weighted by Gasteiger charge is 2.23. The zero-order valence-corrected chi connectivity index (χ0v) is 11.6. The van der Waals surface area contributed by atoms with Crippen molar-refractivity contribution < 1.29 is 23.1 Å². The lowest BCUT2D eigenvalue weighted by molar-refractivity contribution is 0.0696. The first-order chi connectivity index (χ1) is 9.44. The van der Waals surface area contributed by atoms with Crippen LogP contribution in [0.3, 0.4) is 0 Å². The molecule has 11 heteroatoms. The van der Waals surface area contributed by atoms with Gasteiger partial charge in [-0.15, -0.1) is 0 Å². The van der Waals surface area contributed by atoms with Crippen LogP contribution in [-0.2, 0) is 10.0 Å². The van der Waals surface area contributed by atoms with Gasteiger partial charge in [0.05, 0.1) is 12.7 Å². The lowest BCUT2D eigenvalue weighted by atomic mass is 10.2. The molecule has 0 saturated heterocycles. The molecule has 0 bridgehead atoms. The number of ether oxygens (including phenoxy) is 1. The number of benzene rings is 1. The number of anilines is 1. The van der Waals surface area contributed by atoms with E-state index in [1.54, 1.807) is 0 Å². The predicted molar refractivity (Wildman–Crippen MR) is 68.5 cm³/mol. The second kappa shape index (κ2) is 5.38.